The SMILES string of the molecule is O=C(O)c1ccc(-c2cn3nc(NC(=O)c4cccc(Cl)c4)sc3n2)cc1. The van der Waals surface area contributed by atoms with Crippen molar-refractivity contribution < 1.29 is 14.7 Å². The molecule has 4 rings (SSSR count). The van der Waals surface area contributed by atoms with Gasteiger partial charge in [-0.1, -0.05) is 41.1 Å². The van der Waals surface area contributed by atoms with Crippen molar-refractivity contribution in [3.05, 3.63) is 70.9 Å². The topological polar surface area (TPSA) is 96.6 Å². The average molecular weight is 399 g/mol. The quantitative estimate of drug-likeness (QED) is 0.540. The number of aromatic nitrogens is 3. The normalized spacial score (nSPS) is 10.9. The van der Waals surface area contributed by atoms with Crippen molar-refractivity contribution in [3.63, 3.8) is 0 Å². The third kappa shape index (κ3) is 3.53. The van der Waals surface area contributed by atoms with Gasteiger partial charge < -0.3 is 5.11 Å². The summed E-state index contributed by atoms with van der Waals surface area (Å²) < 4.78 is 1.57. The number of imidazole rings is 1. The maximum Gasteiger partial charge on any atom is 0.335 e. The van der Waals surface area contributed by atoms with Crippen LogP contribution in [0, 0.1) is 0 Å². The van der Waals surface area contributed by atoms with E-state index >= 15 is 0 Å². The standard InChI is InChI=1S/C18H11ClN4O3S/c19-13-3-1-2-12(8-13)15(24)21-17-22-23-9-14(20-18(23)27-17)10-4-6-11(7-5-10)16(25)26/h1-9H,(H,25,26)(H,21,22,24). The Hall–Kier alpha value is -3.23. The number of rotatable bonds is 4. The first kappa shape index (κ1) is 17.2. The molecule has 9 heteroatoms. The second-order valence-electron chi connectivity index (χ2n) is 5.61. The zero-order valence-electron chi connectivity index (χ0n) is 13.6. The van der Waals surface area contributed by atoms with Gasteiger partial charge in [-0.3, -0.25) is 10.1 Å². The Balaban J connectivity index is 1.55. The molecule has 0 saturated heterocycles. The Kier molecular flexibility index (Phi) is 4.35. The van der Waals surface area contributed by atoms with E-state index < -0.39 is 5.97 Å². The van der Waals surface area contributed by atoms with Gasteiger partial charge in [0.1, 0.15) is 0 Å². The van der Waals surface area contributed by atoms with Gasteiger partial charge in [0.05, 0.1) is 17.5 Å². The summed E-state index contributed by atoms with van der Waals surface area (Å²) in [4.78, 5) is 28.3. The number of halogens is 1. The van der Waals surface area contributed by atoms with Crippen LogP contribution < -0.4 is 5.32 Å². The average Bonchev–Trinajstić information content (AvgIpc) is 3.20. The van der Waals surface area contributed by atoms with E-state index in [9.17, 15) is 9.59 Å². The zero-order valence-corrected chi connectivity index (χ0v) is 15.2. The van der Waals surface area contributed by atoms with Crippen molar-refractivity contribution in [2.45, 2.75) is 0 Å². The van der Waals surface area contributed by atoms with Gasteiger partial charge in [0.25, 0.3) is 5.91 Å². The van der Waals surface area contributed by atoms with Crippen molar-refractivity contribution in [2.24, 2.45) is 0 Å². The fourth-order valence-electron chi connectivity index (χ4n) is 2.47. The molecule has 0 radical (unpaired) electrons. The van der Waals surface area contributed by atoms with E-state index in [1.807, 2.05) is 0 Å². The fourth-order valence-corrected chi connectivity index (χ4v) is 3.44. The molecule has 2 heterocycles. The molecular formula is C18H11ClN4O3S. The van der Waals surface area contributed by atoms with E-state index in [2.05, 4.69) is 15.4 Å². The molecule has 134 valence electrons. The number of carbonyl (C=O) groups excluding carboxylic acids is 1. The largest absolute Gasteiger partial charge is 0.478 e. The summed E-state index contributed by atoms with van der Waals surface area (Å²) in [7, 11) is 0. The van der Waals surface area contributed by atoms with Gasteiger partial charge in [0.15, 0.2) is 0 Å². The van der Waals surface area contributed by atoms with E-state index in [-0.39, 0.29) is 11.5 Å². The summed E-state index contributed by atoms with van der Waals surface area (Å²) in [5.74, 6) is -1.28. The number of nitrogens with zero attached hydrogens (tertiary/aromatic N) is 3. The van der Waals surface area contributed by atoms with Gasteiger partial charge in [-0.2, -0.15) is 0 Å². The molecule has 0 bridgehead atoms. The van der Waals surface area contributed by atoms with Crippen LogP contribution in [-0.4, -0.2) is 31.6 Å². The van der Waals surface area contributed by atoms with Crippen LogP contribution in [0.3, 0.4) is 0 Å². The number of aromatic carboxylic acids is 1. The molecule has 1 amide bonds. The van der Waals surface area contributed by atoms with Crippen LogP contribution in [0.4, 0.5) is 5.13 Å². The molecule has 27 heavy (non-hydrogen) atoms. The summed E-state index contributed by atoms with van der Waals surface area (Å²) in [6.07, 6.45) is 1.72. The maximum absolute atomic E-state index is 12.3. The first-order valence-electron chi connectivity index (χ1n) is 7.76. The van der Waals surface area contributed by atoms with Gasteiger partial charge in [0.2, 0.25) is 10.1 Å². The lowest BCUT2D eigenvalue weighted by atomic mass is 10.1. The van der Waals surface area contributed by atoms with Crippen LogP contribution in [0.25, 0.3) is 16.2 Å². The molecule has 0 aliphatic rings. The number of carboxylic acids is 1. The minimum atomic E-state index is -0.978. The molecule has 2 aromatic carbocycles. The third-order valence-corrected chi connectivity index (χ3v) is 4.85. The molecule has 4 aromatic rings. The number of carbonyl (C=O) groups is 2. The van der Waals surface area contributed by atoms with Gasteiger partial charge in [-0.15, -0.1) is 5.10 Å². The van der Waals surface area contributed by atoms with Crippen LogP contribution in [-0.2, 0) is 0 Å². The number of hydrogen-bond acceptors (Lipinski definition) is 5. The maximum atomic E-state index is 12.3. The first-order chi connectivity index (χ1) is 13.0. The molecule has 0 unspecified atom stereocenters. The molecule has 0 spiro atoms. The Bertz CT molecular complexity index is 1140. The molecule has 0 aliphatic heterocycles. The summed E-state index contributed by atoms with van der Waals surface area (Å²) in [6.45, 7) is 0. The van der Waals surface area contributed by atoms with E-state index in [1.165, 1.54) is 23.5 Å². The Labute approximate surface area is 161 Å². The number of benzene rings is 2. The van der Waals surface area contributed by atoms with Crippen LogP contribution in [0.5, 0.6) is 0 Å². The van der Waals surface area contributed by atoms with E-state index in [1.54, 1.807) is 47.1 Å². The van der Waals surface area contributed by atoms with Gasteiger partial charge >= 0.3 is 5.97 Å². The fraction of sp³-hybridized carbons (Fsp3) is 0. The zero-order chi connectivity index (χ0) is 19.0. The highest BCUT2D eigenvalue weighted by Crippen LogP contribution is 2.25. The molecule has 0 atom stereocenters. The molecule has 0 fully saturated rings. The third-order valence-electron chi connectivity index (χ3n) is 3.78. The van der Waals surface area contributed by atoms with E-state index in [4.69, 9.17) is 16.7 Å². The number of carboxylic acid groups (broad SMARTS) is 1. The van der Waals surface area contributed by atoms with Gasteiger partial charge in [-0.25, -0.2) is 14.3 Å². The Morgan fingerprint density at radius 1 is 1.11 bits per heavy atom. The highest BCUT2D eigenvalue weighted by molar-refractivity contribution is 7.20. The molecule has 7 nitrogen and oxygen atoms in total. The van der Waals surface area contributed by atoms with E-state index in [0.717, 1.165) is 5.56 Å². The number of amides is 1. The second kappa shape index (κ2) is 6.82. The highest BCUT2D eigenvalue weighted by atomic mass is 35.5. The Morgan fingerprint density at radius 3 is 2.56 bits per heavy atom. The predicted molar refractivity (Wildman–Crippen MR) is 103 cm³/mol. The van der Waals surface area contributed by atoms with Crippen molar-refractivity contribution >= 4 is 44.9 Å². The molecule has 2 N–H and O–H groups in total. The van der Waals surface area contributed by atoms with Crippen molar-refractivity contribution in [1.29, 1.82) is 0 Å². The smallest absolute Gasteiger partial charge is 0.335 e. The minimum absolute atomic E-state index is 0.212. The van der Waals surface area contributed by atoms with Crippen LogP contribution in [0.15, 0.2) is 54.7 Å². The first-order valence-corrected chi connectivity index (χ1v) is 8.96. The lowest BCUT2D eigenvalue weighted by Gasteiger charge is -2.01. The molecular weight excluding hydrogens is 388 g/mol. The number of fused-ring (bicyclic) bond motifs is 1. The number of nitrogens with one attached hydrogen (secondary N) is 1. The van der Waals surface area contributed by atoms with E-state index in [0.29, 0.717) is 26.4 Å². The Morgan fingerprint density at radius 2 is 1.89 bits per heavy atom. The second-order valence-corrected chi connectivity index (χ2v) is 7.00. The number of anilines is 1. The monoisotopic (exact) mass is 398 g/mol. The minimum Gasteiger partial charge on any atom is -0.478 e. The van der Waals surface area contributed by atoms with Gasteiger partial charge in [0, 0.05) is 16.1 Å². The summed E-state index contributed by atoms with van der Waals surface area (Å²) in [5.41, 5.74) is 2.10. The lowest BCUT2D eigenvalue weighted by molar-refractivity contribution is 0.0696. The van der Waals surface area contributed by atoms with Crippen LogP contribution in [0.1, 0.15) is 20.7 Å². The highest BCUT2D eigenvalue weighted by Gasteiger charge is 2.13. The predicted octanol–water partition coefficient (Wildman–Crippen LogP) is 4.06. The van der Waals surface area contributed by atoms with Gasteiger partial charge in [-0.05, 0) is 30.3 Å². The van der Waals surface area contributed by atoms with Crippen LogP contribution >= 0.6 is 22.9 Å². The van der Waals surface area contributed by atoms with Crippen LogP contribution in [0.2, 0.25) is 5.02 Å². The van der Waals surface area contributed by atoms with Crippen molar-refractivity contribution in [3.8, 4) is 11.3 Å². The van der Waals surface area contributed by atoms with Crippen molar-refractivity contribution in [1.82, 2.24) is 14.6 Å². The lowest BCUT2D eigenvalue weighted by Crippen LogP contribution is -2.11. The molecule has 2 aromatic heterocycles. The molecule has 0 saturated carbocycles. The summed E-state index contributed by atoms with van der Waals surface area (Å²) in [5, 5.41) is 16.9. The summed E-state index contributed by atoms with van der Waals surface area (Å²) in [6, 6.07) is 13.1. The number of hydrogen-bond donors (Lipinski definition) is 2. The summed E-state index contributed by atoms with van der Waals surface area (Å²) >= 11 is 7.13. The molecule has 0 aliphatic carbocycles. The van der Waals surface area contributed by atoms with Crippen molar-refractivity contribution in [2.75, 3.05) is 5.32 Å².